The third-order valence-electron chi connectivity index (χ3n) is 2.35. The fourth-order valence-corrected chi connectivity index (χ4v) is 1.49. The van der Waals surface area contributed by atoms with Gasteiger partial charge in [-0.2, -0.15) is 0 Å². The van der Waals surface area contributed by atoms with Gasteiger partial charge in [-0.05, 0) is 12.5 Å². The van der Waals surface area contributed by atoms with E-state index in [4.69, 9.17) is 0 Å². The monoisotopic (exact) mass is 196 g/mol. The molecule has 0 aliphatic heterocycles. The fraction of sp³-hybridized carbons (Fsp3) is 0.500. The SMILES string of the molecule is CCCCCC(O)c1ccccc1F. The van der Waals surface area contributed by atoms with Crippen LogP contribution in [0, 0.1) is 5.82 Å². The van der Waals surface area contributed by atoms with Crippen LogP contribution in [0.2, 0.25) is 0 Å². The second kappa shape index (κ2) is 5.76. The molecule has 0 aliphatic rings. The van der Waals surface area contributed by atoms with Gasteiger partial charge in [0.2, 0.25) is 0 Å². The van der Waals surface area contributed by atoms with Gasteiger partial charge in [-0.15, -0.1) is 0 Å². The Morgan fingerprint density at radius 2 is 2.00 bits per heavy atom. The maximum absolute atomic E-state index is 13.2. The van der Waals surface area contributed by atoms with Crippen LogP contribution in [-0.4, -0.2) is 5.11 Å². The van der Waals surface area contributed by atoms with Gasteiger partial charge in [0.25, 0.3) is 0 Å². The van der Waals surface area contributed by atoms with E-state index < -0.39 is 6.10 Å². The van der Waals surface area contributed by atoms with Crippen LogP contribution in [0.5, 0.6) is 0 Å². The number of halogens is 1. The lowest BCUT2D eigenvalue weighted by atomic mass is 10.0. The van der Waals surface area contributed by atoms with Gasteiger partial charge in [-0.25, -0.2) is 4.39 Å². The van der Waals surface area contributed by atoms with Crippen LogP contribution in [-0.2, 0) is 0 Å². The molecule has 1 aromatic carbocycles. The van der Waals surface area contributed by atoms with E-state index in [0.717, 1.165) is 19.3 Å². The van der Waals surface area contributed by atoms with Crippen molar-refractivity contribution < 1.29 is 9.50 Å². The van der Waals surface area contributed by atoms with Crippen LogP contribution in [0.3, 0.4) is 0 Å². The molecule has 0 heterocycles. The van der Waals surface area contributed by atoms with Crippen molar-refractivity contribution in [1.82, 2.24) is 0 Å². The molecule has 0 fully saturated rings. The molecule has 2 heteroatoms. The van der Waals surface area contributed by atoms with Gasteiger partial charge < -0.3 is 5.11 Å². The maximum Gasteiger partial charge on any atom is 0.128 e. The topological polar surface area (TPSA) is 20.2 Å². The summed E-state index contributed by atoms with van der Waals surface area (Å²) >= 11 is 0. The molecule has 1 aromatic rings. The van der Waals surface area contributed by atoms with E-state index >= 15 is 0 Å². The minimum atomic E-state index is -0.650. The average Bonchev–Trinajstić information content (AvgIpc) is 2.18. The summed E-state index contributed by atoms with van der Waals surface area (Å²) in [6.07, 6.45) is 3.15. The highest BCUT2D eigenvalue weighted by atomic mass is 19.1. The van der Waals surface area contributed by atoms with Crippen LogP contribution in [0.4, 0.5) is 4.39 Å². The first kappa shape index (κ1) is 11.2. The normalized spacial score (nSPS) is 12.8. The number of aliphatic hydroxyl groups is 1. The highest BCUT2D eigenvalue weighted by Crippen LogP contribution is 2.21. The van der Waals surface area contributed by atoms with Gasteiger partial charge in [-0.3, -0.25) is 0 Å². The summed E-state index contributed by atoms with van der Waals surface area (Å²) in [6, 6.07) is 6.42. The fourth-order valence-electron chi connectivity index (χ4n) is 1.49. The van der Waals surface area contributed by atoms with E-state index in [1.54, 1.807) is 18.2 Å². The Morgan fingerprint density at radius 3 is 2.64 bits per heavy atom. The molecule has 0 radical (unpaired) electrons. The van der Waals surface area contributed by atoms with E-state index in [1.807, 2.05) is 0 Å². The van der Waals surface area contributed by atoms with Crippen LogP contribution < -0.4 is 0 Å². The summed E-state index contributed by atoms with van der Waals surface area (Å²) in [5.41, 5.74) is 0.420. The van der Waals surface area contributed by atoms with Gasteiger partial charge in [0.05, 0.1) is 6.10 Å². The lowest BCUT2D eigenvalue weighted by molar-refractivity contribution is 0.159. The molecule has 1 rings (SSSR count). The molecule has 78 valence electrons. The van der Waals surface area contributed by atoms with Gasteiger partial charge in [0.15, 0.2) is 0 Å². The summed E-state index contributed by atoms with van der Waals surface area (Å²) in [5.74, 6) is -0.309. The predicted molar refractivity (Wildman–Crippen MR) is 55.5 cm³/mol. The number of rotatable bonds is 5. The lowest BCUT2D eigenvalue weighted by Gasteiger charge is -2.10. The van der Waals surface area contributed by atoms with Crippen molar-refractivity contribution in [2.24, 2.45) is 0 Å². The molecule has 0 saturated heterocycles. The quantitative estimate of drug-likeness (QED) is 0.715. The van der Waals surface area contributed by atoms with Gasteiger partial charge in [0.1, 0.15) is 5.82 Å². The first-order valence-corrected chi connectivity index (χ1v) is 5.18. The number of unbranched alkanes of at least 4 members (excludes halogenated alkanes) is 2. The summed E-state index contributed by atoms with van der Waals surface area (Å²) < 4.78 is 13.2. The average molecular weight is 196 g/mol. The van der Waals surface area contributed by atoms with Crippen molar-refractivity contribution in [3.05, 3.63) is 35.6 Å². The summed E-state index contributed by atoms with van der Waals surface area (Å²) in [4.78, 5) is 0. The van der Waals surface area contributed by atoms with Crippen LogP contribution >= 0.6 is 0 Å². The van der Waals surface area contributed by atoms with Crippen LogP contribution in [0.1, 0.15) is 44.3 Å². The van der Waals surface area contributed by atoms with Gasteiger partial charge >= 0.3 is 0 Å². The Hall–Kier alpha value is -0.890. The Kier molecular flexibility index (Phi) is 4.60. The zero-order chi connectivity index (χ0) is 10.4. The second-order valence-corrected chi connectivity index (χ2v) is 3.53. The third kappa shape index (κ3) is 3.11. The number of aliphatic hydroxyl groups excluding tert-OH is 1. The number of hydrogen-bond acceptors (Lipinski definition) is 1. The van der Waals surface area contributed by atoms with E-state index in [-0.39, 0.29) is 5.82 Å². The number of hydrogen-bond donors (Lipinski definition) is 1. The van der Waals surface area contributed by atoms with Crippen molar-refractivity contribution in [2.75, 3.05) is 0 Å². The minimum Gasteiger partial charge on any atom is -0.388 e. The zero-order valence-corrected chi connectivity index (χ0v) is 8.54. The smallest absolute Gasteiger partial charge is 0.128 e. The van der Waals surface area contributed by atoms with E-state index in [9.17, 15) is 9.50 Å². The predicted octanol–water partition coefficient (Wildman–Crippen LogP) is 3.44. The highest BCUT2D eigenvalue weighted by molar-refractivity contribution is 5.19. The van der Waals surface area contributed by atoms with E-state index in [1.165, 1.54) is 6.07 Å². The lowest BCUT2D eigenvalue weighted by Crippen LogP contribution is -2.00. The molecule has 0 aromatic heterocycles. The molecule has 0 saturated carbocycles. The zero-order valence-electron chi connectivity index (χ0n) is 8.54. The first-order valence-electron chi connectivity index (χ1n) is 5.18. The third-order valence-corrected chi connectivity index (χ3v) is 2.35. The first-order chi connectivity index (χ1) is 6.75. The second-order valence-electron chi connectivity index (χ2n) is 3.53. The van der Waals surface area contributed by atoms with Crippen molar-refractivity contribution in [3.8, 4) is 0 Å². The molecule has 0 bridgehead atoms. The Labute approximate surface area is 84.6 Å². The van der Waals surface area contributed by atoms with Gasteiger partial charge in [0, 0.05) is 5.56 Å². The molecular formula is C12H17FO. The maximum atomic E-state index is 13.2. The van der Waals surface area contributed by atoms with Crippen molar-refractivity contribution in [1.29, 1.82) is 0 Å². The van der Waals surface area contributed by atoms with Crippen molar-refractivity contribution in [3.63, 3.8) is 0 Å². The Bertz CT molecular complexity index is 273. The summed E-state index contributed by atoms with van der Waals surface area (Å²) in [5, 5.41) is 9.69. The van der Waals surface area contributed by atoms with Crippen molar-refractivity contribution in [2.45, 2.75) is 38.7 Å². The van der Waals surface area contributed by atoms with Gasteiger partial charge in [-0.1, -0.05) is 44.4 Å². The minimum absolute atomic E-state index is 0.309. The number of benzene rings is 1. The van der Waals surface area contributed by atoms with E-state index in [2.05, 4.69) is 6.92 Å². The summed E-state index contributed by atoms with van der Waals surface area (Å²) in [7, 11) is 0. The molecule has 1 N–H and O–H groups in total. The molecule has 1 unspecified atom stereocenters. The molecule has 1 atom stereocenters. The van der Waals surface area contributed by atoms with Crippen LogP contribution in [0.25, 0.3) is 0 Å². The molecule has 1 nitrogen and oxygen atoms in total. The molecule has 14 heavy (non-hydrogen) atoms. The standard InChI is InChI=1S/C12H17FO/c1-2-3-4-9-12(14)10-7-5-6-8-11(10)13/h5-8,12,14H,2-4,9H2,1H3. The molecule has 0 aliphatic carbocycles. The highest BCUT2D eigenvalue weighted by Gasteiger charge is 2.10. The molecular weight excluding hydrogens is 179 g/mol. The molecule has 0 amide bonds. The Morgan fingerprint density at radius 1 is 1.29 bits per heavy atom. The molecule has 0 spiro atoms. The summed E-state index contributed by atoms with van der Waals surface area (Å²) in [6.45, 7) is 2.11. The Balaban J connectivity index is 2.51. The largest absolute Gasteiger partial charge is 0.388 e. The van der Waals surface area contributed by atoms with Crippen LogP contribution in [0.15, 0.2) is 24.3 Å². The van der Waals surface area contributed by atoms with E-state index in [0.29, 0.717) is 12.0 Å². The van der Waals surface area contributed by atoms with Crippen molar-refractivity contribution >= 4 is 0 Å².